The highest BCUT2D eigenvalue weighted by atomic mass is 32.1. The number of rotatable bonds is 28. The second kappa shape index (κ2) is 26.6. The van der Waals surface area contributed by atoms with E-state index in [-0.39, 0.29) is 72.5 Å². The molecule has 2 aromatic carbocycles. The number of hydrogen-bond donors (Lipinski definition) is 3. The second-order valence-electron chi connectivity index (χ2n) is 18.0. The van der Waals surface area contributed by atoms with E-state index >= 15 is 0 Å². The maximum Gasteiger partial charge on any atom is 0.242 e. The number of unbranched alkanes of at least 4 members (excludes halogenated alkanes) is 1. The number of nitrogens with zero attached hydrogens (tertiary/aromatic N) is 4. The van der Waals surface area contributed by atoms with Gasteiger partial charge in [-0.25, -0.2) is 4.98 Å². The van der Waals surface area contributed by atoms with Crippen molar-refractivity contribution in [2.24, 2.45) is 17.8 Å². The third-order valence-electron chi connectivity index (χ3n) is 13.2. The molecule has 3 amide bonds. The fourth-order valence-corrected chi connectivity index (χ4v) is 10.1. The number of hydrogen-bond acceptors (Lipinski definition) is 10. The maximum atomic E-state index is 14.4. The van der Waals surface area contributed by atoms with E-state index in [1.807, 2.05) is 49.5 Å². The van der Waals surface area contributed by atoms with Gasteiger partial charge >= 0.3 is 0 Å². The highest BCUT2D eigenvalue weighted by molar-refractivity contribution is 7.09. The van der Waals surface area contributed by atoms with Crippen LogP contribution in [0.25, 0.3) is 0 Å². The van der Waals surface area contributed by atoms with Crippen LogP contribution in [0.15, 0.2) is 78.5 Å². The summed E-state index contributed by atoms with van der Waals surface area (Å²) in [5.41, 5.74) is 4.29. The van der Waals surface area contributed by atoms with Gasteiger partial charge in [0.25, 0.3) is 0 Å². The Morgan fingerprint density at radius 2 is 1.69 bits per heavy atom. The molecule has 12 nitrogen and oxygen atoms in total. The third kappa shape index (κ3) is 14.6. The average molecular weight is 902 g/mol. The van der Waals surface area contributed by atoms with Gasteiger partial charge in [0.15, 0.2) is 0 Å². The Bertz CT molecular complexity index is 1850. The van der Waals surface area contributed by atoms with Crippen molar-refractivity contribution in [1.82, 2.24) is 30.3 Å². The van der Waals surface area contributed by atoms with Crippen molar-refractivity contribution in [2.45, 2.75) is 129 Å². The van der Waals surface area contributed by atoms with Gasteiger partial charge in [-0.1, -0.05) is 103 Å². The fraction of sp³-hybridized carbons (Fsp3) is 0.608. The van der Waals surface area contributed by atoms with E-state index in [0.717, 1.165) is 67.0 Å². The summed E-state index contributed by atoms with van der Waals surface area (Å²) in [5, 5.41) is 12.3. The SMILES string of the molecule is C=C(C[C@@H](OC)[C@H]([C@@H](C)CC)N(CCCC)C(=O)CNC(=O)[C@H](C(C)C)N(C)CCc1ccc(NC)cc1)N1CCC[C@H]1[C@H](OC)[C@@H](C)C(=O)N[C@@H](Cc1ccccc1)c1nccs1. The number of methoxy groups -OCH3 is 2. The van der Waals surface area contributed by atoms with Crippen LogP contribution in [-0.4, -0.2) is 122 Å². The lowest BCUT2D eigenvalue weighted by Gasteiger charge is -2.42. The average Bonchev–Trinajstić information content (AvgIpc) is 4.02. The molecule has 354 valence electrons. The molecule has 4 rings (SSSR count). The van der Waals surface area contributed by atoms with Crippen LogP contribution in [0.1, 0.15) is 102 Å². The van der Waals surface area contributed by atoms with E-state index in [1.54, 1.807) is 31.8 Å². The fourth-order valence-electron chi connectivity index (χ4n) is 9.37. The Morgan fingerprint density at radius 1 is 0.969 bits per heavy atom. The van der Waals surface area contributed by atoms with Crippen molar-refractivity contribution in [2.75, 3.05) is 59.8 Å². The molecule has 0 spiro atoms. The number of benzene rings is 2. The summed E-state index contributed by atoms with van der Waals surface area (Å²) >= 11 is 1.54. The summed E-state index contributed by atoms with van der Waals surface area (Å²) in [7, 11) is 7.30. The van der Waals surface area contributed by atoms with Gasteiger partial charge in [0.2, 0.25) is 17.7 Å². The van der Waals surface area contributed by atoms with E-state index < -0.39 is 5.92 Å². The lowest BCUT2D eigenvalue weighted by Crippen LogP contribution is -2.56. The predicted molar refractivity (Wildman–Crippen MR) is 261 cm³/mol. The first-order chi connectivity index (χ1) is 30.8. The number of anilines is 1. The summed E-state index contributed by atoms with van der Waals surface area (Å²) < 4.78 is 12.5. The van der Waals surface area contributed by atoms with Gasteiger partial charge in [0.1, 0.15) is 5.01 Å². The Balaban J connectivity index is 1.46. The van der Waals surface area contributed by atoms with Crippen molar-refractivity contribution in [3.05, 3.63) is 94.6 Å². The Kier molecular flexibility index (Phi) is 21.8. The monoisotopic (exact) mass is 902 g/mol. The zero-order valence-corrected chi connectivity index (χ0v) is 41.3. The van der Waals surface area contributed by atoms with E-state index in [9.17, 15) is 14.4 Å². The maximum absolute atomic E-state index is 14.4. The lowest BCUT2D eigenvalue weighted by atomic mass is 9.89. The van der Waals surface area contributed by atoms with E-state index in [4.69, 9.17) is 9.47 Å². The molecule has 0 aliphatic carbocycles. The standard InChI is InChI=1S/C51H79N7O5S/c1-12-14-28-58(45(59)34-54-50(61)46(35(3)4)56(9)30-26-39-22-24-41(52-8)25-23-39)47(36(5)13-2)44(62-10)32-37(6)57-29-18-21-43(57)48(63-11)38(7)49(60)55-42(51-53-27-31-64-51)33-40-19-16-15-17-20-40/h15-17,19-20,22-25,27,31,35-36,38,42-44,46-48,52H,6,12-14,18,21,26,28-30,32-34H2,1-5,7-11H3,(H,54,61)(H,55,60)/t36-,38+,42-,43-,44+,46-,47-,48+/m0/s1. The first-order valence-electron chi connectivity index (χ1n) is 23.6. The summed E-state index contributed by atoms with van der Waals surface area (Å²) in [5.74, 6) is -0.630. The predicted octanol–water partition coefficient (Wildman–Crippen LogP) is 7.98. The quantitative estimate of drug-likeness (QED) is 0.0665. The summed E-state index contributed by atoms with van der Waals surface area (Å²) in [4.78, 5) is 53.3. The molecule has 1 aliphatic heterocycles. The number of ether oxygens (including phenoxy) is 2. The van der Waals surface area contributed by atoms with Crippen LogP contribution < -0.4 is 16.0 Å². The van der Waals surface area contributed by atoms with Crippen LogP contribution in [0.2, 0.25) is 0 Å². The molecule has 0 unspecified atom stereocenters. The molecular weight excluding hydrogens is 823 g/mol. The third-order valence-corrected chi connectivity index (χ3v) is 14.1. The van der Waals surface area contributed by atoms with E-state index in [2.05, 4.69) is 108 Å². The van der Waals surface area contributed by atoms with Gasteiger partial charge in [-0.05, 0) is 74.2 Å². The molecule has 64 heavy (non-hydrogen) atoms. The van der Waals surface area contributed by atoms with Crippen LogP contribution in [0.3, 0.4) is 0 Å². The minimum atomic E-state index is -0.448. The topological polar surface area (TPSA) is 128 Å². The molecule has 0 radical (unpaired) electrons. The molecular formula is C51H79N7O5S. The smallest absolute Gasteiger partial charge is 0.242 e. The molecule has 0 bridgehead atoms. The molecule has 2 heterocycles. The highest BCUT2D eigenvalue weighted by Gasteiger charge is 2.41. The highest BCUT2D eigenvalue weighted by Crippen LogP contribution is 2.33. The van der Waals surface area contributed by atoms with Crippen molar-refractivity contribution in [3.63, 3.8) is 0 Å². The molecule has 1 aliphatic rings. The molecule has 0 saturated carbocycles. The van der Waals surface area contributed by atoms with Crippen LogP contribution in [0, 0.1) is 17.8 Å². The minimum absolute atomic E-state index is 0.0456. The summed E-state index contributed by atoms with van der Waals surface area (Å²) in [6, 6.07) is 17.5. The zero-order valence-electron chi connectivity index (χ0n) is 40.5. The summed E-state index contributed by atoms with van der Waals surface area (Å²) in [6.45, 7) is 19.1. The van der Waals surface area contributed by atoms with Gasteiger partial charge in [-0.2, -0.15) is 0 Å². The number of amides is 3. The molecule has 13 heteroatoms. The van der Waals surface area contributed by atoms with Crippen LogP contribution in [-0.2, 0) is 36.7 Å². The van der Waals surface area contributed by atoms with Gasteiger partial charge < -0.3 is 35.2 Å². The van der Waals surface area contributed by atoms with Crippen molar-refractivity contribution in [1.29, 1.82) is 0 Å². The first kappa shape index (κ1) is 52.3. The lowest BCUT2D eigenvalue weighted by molar-refractivity contribution is -0.140. The number of likely N-dealkylation sites (tertiary alicyclic amines) is 1. The van der Waals surface area contributed by atoms with Gasteiger partial charge in [0, 0.05) is 70.3 Å². The second-order valence-corrected chi connectivity index (χ2v) is 18.9. The Morgan fingerprint density at radius 3 is 2.28 bits per heavy atom. The van der Waals surface area contributed by atoms with E-state index in [0.29, 0.717) is 25.9 Å². The molecule has 8 atom stereocenters. The first-order valence-corrected chi connectivity index (χ1v) is 24.4. The number of likely N-dealkylation sites (N-methyl/N-ethyl adjacent to an activating group) is 1. The number of carbonyl (C=O) groups is 3. The molecule has 1 fully saturated rings. The largest absolute Gasteiger partial charge is 0.388 e. The van der Waals surface area contributed by atoms with E-state index in [1.165, 1.54) is 5.56 Å². The van der Waals surface area contributed by atoms with Crippen molar-refractivity contribution in [3.8, 4) is 0 Å². The normalized spacial score (nSPS) is 17.3. The van der Waals surface area contributed by atoms with Crippen LogP contribution in [0.4, 0.5) is 5.69 Å². The number of carbonyl (C=O) groups excluding carboxylic acids is 3. The molecule has 3 aromatic rings. The van der Waals surface area contributed by atoms with Crippen molar-refractivity contribution < 1.29 is 23.9 Å². The van der Waals surface area contributed by atoms with Gasteiger partial charge in [0.05, 0.1) is 48.8 Å². The summed E-state index contributed by atoms with van der Waals surface area (Å²) in [6.07, 6.45) is 7.38. The number of thiazole rings is 1. The van der Waals surface area contributed by atoms with Crippen LogP contribution >= 0.6 is 11.3 Å². The van der Waals surface area contributed by atoms with Gasteiger partial charge in [-0.15, -0.1) is 11.3 Å². The van der Waals surface area contributed by atoms with Gasteiger partial charge in [-0.3, -0.25) is 19.3 Å². The number of nitrogens with one attached hydrogen (secondary N) is 3. The Labute approximate surface area is 388 Å². The van der Waals surface area contributed by atoms with Crippen LogP contribution in [0.5, 0.6) is 0 Å². The number of aromatic nitrogens is 1. The molecule has 1 aromatic heterocycles. The molecule has 3 N–H and O–H groups in total. The van der Waals surface area contributed by atoms with Crippen molar-refractivity contribution >= 4 is 34.7 Å². The zero-order chi connectivity index (χ0) is 46.8. The molecule has 1 saturated heterocycles. The Hall–Kier alpha value is -4.30. The minimum Gasteiger partial charge on any atom is -0.388 e.